The van der Waals surface area contributed by atoms with E-state index in [2.05, 4.69) is 15.0 Å². The lowest BCUT2D eigenvalue weighted by Crippen LogP contribution is -2.35. The SMILES string of the molecule is Cc1cccc(OCC(O)CNC(=O)c2ccon2)c1. The highest BCUT2D eigenvalue weighted by molar-refractivity contribution is 5.91. The van der Waals surface area contributed by atoms with Gasteiger partial charge in [-0.3, -0.25) is 4.79 Å². The minimum absolute atomic E-state index is 0.0809. The van der Waals surface area contributed by atoms with Gasteiger partial charge in [-0.2, -0.15) is 0 Å². The summed E-state index contributed by atoms with van der Waals surface area (Å²) in [7, 11) is 0. The molecule has 20 heavy (non-hydrogen) atoms. The van der Waals surface area contributed by atoms with Crippen LogP contribution in [0.3, 0.4) is 0 Å². The number of aryl methyl sites for hydroxylation is 1. The maximum absolute atomic E-state index is 11.5. The molecule has 106 valence electrons. The van der Waals surface area contributed by atoms with Crippen LogP contribution in [0.25, 0.3) is 0 Å². The second kappa shape index (κ2) is 6.72. The van der Waals surface area contributed by atoms with Gasteiger partial charge in [-0.1, -0.05) is 17.3 Å². The van der Waals surface area contributed by atoms with Crippen molar-refractivity contribution in [3.8, 4) is 5.75 Å². The maximum atomic E-state index is 11.5. The van der Waals surface area contributed by atoms with E-state index in [0.29, 0.717) is 5.75 Å². The molecular weight excluding hydrogens is 260 g/mol. The van der Waals surface area contributed by atoms with E-state index in [-0.39, 0.29) is 18.8 Å². The molecule has 1 aromatic heterocycles. The maximum Gasteiger partial charge on any atom is 0.273 e. The molecule has 0 aliphatic carbocycles. The summed E-state index contributed by atoms with van der Waals surface area (Å²) in [5, 5.41) is 15.8. The van der Waals surface area contributed by atoms with Crippen molar-refractivity contribution >= 4 is 5.91 Å². The van der Waals surface area contributed by atoms with Gasteiger partial charge in [0.05, 0.1) is 0 Å². The minimum Gasteiger partial charge on any atom is -0.491 e. The van der Waals surface area contributed by atoms with Gasteiger partial charge in [0.25, 0.3) is 5.91 Å². The van der Waals surface area contributed by atoms with Crippen molar-refractivity contribution in [2.75, 3.05) is 13.2 Å². The van der Waals surface area contributed by atoms with Gasteiger partial charge in [-0.25, -0.2) is 0 Å². The van der Waals surface area contributed by atoms with Gasteiger partial charge in [0.2, 0.25) is 0 Å². The quantitative estimate of drug-likeness (QED) is 0.827. The summed E-state index contributed by atoms with van der Waals surface area (Å²) in [6.07, 6.45) is 0.512. The lowest BCUT2D eigenvalue weighted by atomic mass is 10.2. The molecule has 6 heteroatoms. The van der Waals surface area contributed by atoms with Crippen molar-refractivity contribution in [3.63, 3.8) is 0 Å². The predicted molar refractivity (Wildman–Crippen MR) is 71.5 cm³/mol. The zero-order valence-corrected chi connectivity index (χ0v) is 11.1. The number of carbonyl (C=O) groups excluding carboxylic acids is 1. The molecular formula is C14H16N2O4. The summed E-state index contributed by atoms with van der Waals surface area (Å²) in [6, 6.07) is 8.98. The standard InChI is InChI=1S/C14H16N2O4/c1-10-3-2-4-12(7-10)19-9-11(17)8-15-14(18)13-5-6-20-16-13/h2-7,11,17H,8-9H2,1H3,(H,15,18). The Balaban J connectivity index is 1.73. The highest BCUT2D eigenvalue weighted by atomic mass is 16.5. The number of nitrogens with one attached hydrogen (secondary N) is 1. The van der Waals surface area contributed by atoms with Gasteiger partial charge in [0.15, 0.2) is 5.69 Å². The molecule has 0 radical (unpaired) electrons. The first-order valence-electron chi connectivity index (χ1n) is 6.21. The van der Waals surface area contributed by atoms with Gasteiger partial charge < -0.3 is 19.7 Å². The molecule has 6 nitrogen and oxygen atoms in total. The number of amides is 1. The van der Waals surface area contributed by atoms with Gasteiger partial charge in [0, 0.05) is 12.6 Å². The van der Waals surface area contributed by atoms with Crippen LogP contribution >= 0.6 is 0 Å². The van der Waals surface area contributed by atoms with Crippen molar-refractivity contribution < 1.29 is 19.2 Å². The van der Waals surface area contributed by atoms with Gasteiger partial charge in [-0.05, 0) is 24.6 Å². The second-order valence-corrected chi connectivity index (χ2v) is 4.38. The monoisotopic (exact) mass is 276 g/mol. The molecule has 1 aromatic carbocycles. The van der Waals surface area contributed by atoms with Crippen molar-refractivity contribution in [1.82, 2.24) is 10.5 Å². The highest BCUT2D eigenvalue weighted by Crippen LogP contribution is 2.12. The number of aliphatic hydroxyl groups excluding tert-OH is 1. The number of hydrogen-bond acceptors (Lipinski definition) is 5. The molecule has 0 aliphatic heterocycles. The Kier molecular flexibility index (Phi) is 4.73. The number of rotatable bonds is 6. The first-order valence-corrected chi connectivity index (χ1v) is 6.21. The molecule has 2 N–H and O–H groups in total. The Labute approximate surface area is 116 Å². The van der Waals surface area contributed by atoms with E-state index in [0.717, 1.165) is 5.56 Å². The fourth-order valence-electron chi connectivity index (χ4n) is 1.59. The van der Waals surface area contributed by atoms with Crippen molar-refractivity contribution in [2.24, 2.45) is 0 Å². The van der Waals surface area contributed by atoms with Crippen molar-refractivity contribution in [1.29, 1.82) is 0 Å². The number of aromatic nitrogens is 1. The molecule has 1 amide bonds. The summed E-state index contributed by atoms with van der Waals surface area (Å²) in [5.74, 6) is 0.292. The van der Waals surface area contributed by atoms with Crippen LogP contribution in [0.2, 0.25) is 0 Å². The number of carbonyl (C=O) groups is 1. The first-order chi connectivity index (χ1) is 9.65. The Morgan fingerprint density at radius 2 is 2.35 bits per heavy atom. The summed E-state index contributed by atoms with van der Waals surface area (Å²) >= 11 is 0. The van der Waals surface area contributed by atoms with Gasteiger partial charge >= 0.3 is 0 Å². The van der Waals surface area contributed by atoms with Crippen LogP contribution in [0.5, 0.6) is 5.75 Å². The predicted octanol–water partition coefficient (Wildman–Crippen LogP) is 1.15. The normalized spacial score (nSPS) is 11.9. The lowest BCUT2D eigenvalue weighted by molar-refractivity contribution is 0.0836. The van der Waals surface area contributed by atoms with Crippen molar-refractivity contribution in [2.45, 2.75) is 13.0 Å². The summed E-state index contributed by atoms with van der Waals surface area (Å²) < 4.78 is 10.00. The van der Waals surface area contributed by atoms with Crippen LogP contribution in [-0.4, -0.2) is 35.4 Å². The van der Waals surface area contributed by atoms with E-state index >= 15 is 0 Å². The summed E-state index contributed by atoms with van der Waals surface area (Å²) in [4.78, 5) is 11.5. The Morgan fingerprint density at radius 1 is 1.50 bits per heavy atom. The van der Waals surface area contributed by atoms with Crippen molar-refractivity contribution in [3.05, 3.63) is 47.9 Å². The molecule has 0 saturated carbocycles. The fraction of sp³-hybridized carbons (Fsp3) is 0.286. The molecule has 1 atom stereocenters. The minimum atomic E-state index is -0.800. The number of nitrogens with zero attached hydrogens (tertiary/aromatic N) is 1. The van der Waals surface area contributed by atoms with E-state index in [1.54, 1.807) is 0 Å². The molecule has 0 aliphatic rings. The molecule has 0 saturated heterocycles. The van der Waals surface area contributed by atoms with E-state index in [1.165, 1.54) is 12.3 Å². The molecule has 2 rings (SSSR count). The molecule has 1 unspecified atom stereocenters. The van der Waals surface area contributed by atoms with Crippen LogP contribution in [0.15, 0.2) is 41.1 Å². The lowest BCUT2D eigenvalue weighted by Gasteiger charge is -2.13. The third-order valence-corrected chi connectivity index (χ3v) is 2.60. The number of hydrogen-bond donors (Lipinski definition) is 2. The fourth-order valence-corrected chi connectivity index (χ4v) is 1.59. The van der Waals surface area contributed by atoms with E-state index in [9.17, 15) is 9.90 Å². The molecule has 2 aromatic rings. The zero-order valence-electron chi connectivity index (χ0n) is 11.1. The van der Waals surface area contributed by atoms with E-state index < -0.39 is 12.0 Å². The van der Waals surface area contributed by atoms with Crippen LogP contribution in [-0.2, 0) is 0 Å². The summed E-state index contributed by atoms with van der Waals surface area (Å²) in [5.41, 5.74) is 1.26. The largest absolute Gasteiger partial charge is 0.491 e. The summed E-state index contributed by atoms with van der Waals surface area (Å²) in [6.45, 7) is 2.14. The first kappa shape index (κ1) is 14.1. The molecule has 0 spiro atoms. The topological polar surface area (TPSA) is 84.6 Å². The third kappa shape index (κ3) is 4.10. The third-order valence-electron chi connectivity index (χ3n) is 2.60. The van der Waals surface area contributed by atoms with E-state index in [1.807, 2.05) is 31.2 Å². The second-order valence-electron chi connectivity index (χ2n) is 4.38. The molecule has 1 heterocycles. The van der Waals surface area contributed by atoms with Crippen LogP contribution in [0, 0.1) is 6.92 Å². The Morgan fingerprint density at radius 3 is 3.05 bits per heavy atom. The van der Waals surface area contributed by atoms with Crippen LogP contribution < -0.4 is 10.1 Å². The average molecular weight is 276 g/mol. The molecule has 0 bridgehead atoms. The van der Waals surface area contributed by atoms with Gasteiger partial charge in [-0.15, -0.1) is 0 Å². The Hall–Kier alpha value is -2.34. The van der Waals surface area contributed by atoms with E-state index in [4.69, 9.17) is 4.74 Å². The number of aliphatic hydroxyl groups is 1. The number of ether oxygens (including phenoxy) is 1. The smallest absolute Gasteiger partial charge is 0.273 e. The highest BCUT2D eigenvalue weighted by Gasteiger charge is 2.11. The van der Waals surface area contributed by atoms with Crippen LogP contribution in [0.4, 0.5) is 0 Å². The molecule has 0 fully saturated rings. The van der Waals surface area contributed by atoms with Gasteiger partial charge in [0.1, 0.15) is 24.7 Å². The zero-order chi connectivity index (χ0) is 14.4. The number of benzene rings is 1. The van der Waals surface area contributed by atoms with Crippen LogP contribution in [0.1, 0.15) is 16.1 Å². The Bertz CT molecular complexity index is 554. The average Bonchev–Trinajstić information content (AvgIpc) is 2.97.